The smallest absolute Gasteiger partial charge is 0.234 e. The first kappa shape index (κ1) is 10.8. The number of hydrogen-bond donors (Lipinski definition) is 2. The lowest BCUT2D eigenvalue weighted by atomic mass is 9.91. The van der Waals surface area contributed by atoms with E-state index in [1.165, 1.54) is 0 Å². The van der Waals surface area contributed by atoms with Gasteiger partial charge in [0.2, 0.25) is 11.8 Å². The maximum atomic E-state index is 11.8. The number of fused-ring (bicyclic) bond motifs is 1. The molecule has 1 aliphatic rings. The molecule has 2 aromatic heterocycles. The number of imide groups is 1. The van der Waals surface area contributed by atoms with Gasteiger partial charge in [-0.1, -0.05) is 0 Å². The Labute approximate surface area is 103 Å². The van der Waals surface area contributed by atoms with Gasteiger partial charge in [-0.3, -0.25) is 14.9 Å². The van der Waals surface area contributed by atoms with Crippen LogP contribution >= 0.6 is 0 Å². The van der Waals surface area contributed by atoms with Crippen molar-refractivity contribution < 1.29 is 9.59 Å². The highest BCUT2D eigenvalue weighted by Gasteiger charge is 2.29. The summed E-state index contributed by atoms with van der Waals surface area (Å²) in [5.41, 5.74) is 7.96. The van der Waals surface area contributed by atoms with Gasteiger partial charge in [0.25, 0.3) is 0 Å². The van der Waals surface area contributed by atoms with E-state index in [9.17, 15) is 9.59 Å². The summed E-state index contributed by atoms with van der Waals surface area (Å²) in [6.07, 6.45) is 4.25. The second-order valence-corrected chi connectivity index (χ2v) is 4.40. The fraction of sp³-hybridized carbons (Fsp3) is 0.250. The fourth-order valence-electron chi connectivity index (χ4n) is 2.28. The normalized spacial score (nSPS) is 20.1. The van der Waals surface area contributed by atoms with E-state index in [0.717, 1.165) is 11.1 Å². The van der Waals surface area contributed by atoms with Crippen LogP contribution < -0.4 is 11.1 Å². The number of nitrogens with two attached hydrogens (primary N) is 1. The summed E-state index contributed by atoms with van der Waals surface area (Å²) < 4.78 is 1.65. The van der Waals surface area contributed by atoms with Crippen LogP contribution in [0.25, 0.3) is 5.52 Å². The second-order valence-electron chi connectivity index (χ2n) is 4.40. The topological polar surface area (TPSA) is 89.5 Å². The van der Waals surface area contributed by atoms with Gasteiger partial charge in [0.05, 0.1) is 29.5 Å². The molecule has 0 spiro atoms. The molecule has 1 fully saturated rings. The number of carbonyl (C=O) groups is 2. The zero-order valence-corrected chi connectivity index (χ0v) is 9.59. The van der Waals surface area contributed by atoms with Gasteiger partial charge in [0, 0.05) is 12.0 Å². The van der Waals surface area contributed by atoms with Crippen LogP contribution in [0.3, 0.4) is 0 Å². The van der Waals surface area contributed by atoms with Crippen molar-refractivity contribution in [1.29, 1.82) is 0 Å². The van der Waals surface area contributed by atoms with E-state index in [2.05, 4.69) is 10.4 Å². The van der Waals surface area contributed by atoms with Gasteiger partial charge in [0.1, 0.15) is 0 Å². The summed E-state index contributed by atoms with van der Waals surface area (Å²) in [6.45, 7) is 0. The van der Waals surface area contributed by atoms with E-state index in [1.54, 1.807) is 23.0 Å². The summed E-state index contributed by atoms with van der Waals surface area (Å²) in [5, 5.41) is 6.53. The van der Waals surface area contributed by atoms with Crippen LogP contribution in [0.2, 0.25) is 0 Å². The molecule has 3 rings (SSSR count). The Kier molecular flexibility index (Phi) is 2.29. The number of nitrogen functional groups attached to an aromatic ring is 1. The van der Waals surface area contributed by atoms with Crippen LogP contribution in [0.1, 0.15) is 24.3 Å². The molecule has 18 heavy (non-hydrogen) atoms. The summed E-state index contributed by atoms with van der Waals surface area (Å²) in [4.78, 5) is 22.9. The van der Waals surface area contributed by atoms with Crippen LogP contribution in [0.15, 0.2) is 24.5 Å². The Morgan fingerprint density at radius 3 is 3.00 bits per heavy atom. The molecular formula is C12H12N4O2. The lowest BCUT2D eigenvalue weighted by Crippen LogP contribution is -2.39. The molecule has 0 bridgehead atoms. The van der Waals surface area contributed by atoms with Gasteiger partial charge in [0.15, 0.2) is 0 Å². The van der Waals surface area contributed by atoms with Crippen molar-refractivity contribution in [2.75, 3.05) is 5.73 Å². The molecule has 92 valence electrons. The van der Waals surface area contributed by atoms with Crippen LogP contribution in [-0.2, 0) is 9.59 Å². The number of carbonyl (C=O) groups excluding carboxylic acids is 2. The van der Waals surface area contributed by atoms with Crippen molar-refractivity contribution in [3.63, 3.8) is 0 Å². The molecule has 1 saturated heterocycles. The first-order valence-electron chi connectivity index (χ1n) is 5.71. The van der Waals surface area contributed by atoms with Crippen molar-refractivity contribution in [3.8, 4) is 0 Å². The van der Waals surface area contributed by atoms with Gasteiger partial charge in [-0.05, 0) is 18.6 Å². The van der Waals surface area contributed by atoms with Crippen LogP contribution in [-0.4, -0.2) is 21.4 Å². The van der Waals surface area contributed by atoms with E-state index in [4.69, 9.17) is 5.73 Å². The van der Waals surface area contributed by atoms with Crippen LogP contribution in [0.5, 0.6) is 0 Å². The van der Waals surface area contributed by atoms with E-state index in [1.807, 2.05) is 6.07 Å². The molecule has 6 nitrogen and oxygen atoms in total. The highest BCUT2D eigenvalue weighted by atomic mass is 16.2. The lowest BCUT2D eigenvalue weighted by Gasteiger charge is -2.19. The minimum atomic E-state index is -0.316. The number of rotatable bonds is 1. The largest absolute Gasteiger partial charge is 0.397 e. The summed E-state index contributed by atoms with van der Waals surface area (Å²) in [5.74, 6) is -0.779. The average molecular weight is 244 g/mol. The van der Waals surface area contributed by atoms with Crippen molar-refractivity contribution in [2.45, 2.75) is 18.8 Å². The highest BCUT2D eigenvalue weighted by Crippen LogP contribution is 2.28. The third-order valence-corrected chi connectivity index (χ3v) is 3.18. The number of anilines is 1. The molecule has 0 aromatic carbocycles. The minimum absolute atomic E-state index is 0.211. The number of nitrogens with zero attached hydrogens (tertiary/aromatic N) is 2. The molecule has 0 radical (unpaired) electrons. The fourth-order valence-corrected chi connectivity index (χ4v) is 2.28. The van der Waals surface area contributed by atoms with E-state index in [-0.39, 0.29) is 17.7 Å². The first-order valence-corrected chi connectivity index (χ1v) is 5.71. The average Bonchev–Trinajstić information content (AvgIpc) is 2.72. The summed E-state index contributed by atoms with van der Waals surface area (Å²) >= 11 is 0. The van der Waals surface area contributed by atoms with Gasteiger partial charge < -0.3 is 5.73 Å². The molecule has 1 atom stereocenters. The third-order valence-electron chi connectivity index (χ3n) is 3.18. The third kappa shape index (κ3) is 1.62. The lowest BCUT2D eigenvalue weighted by molar-refractivity contribution is -0.134. The molecule has 0 aliphatic carbocycles. The van der Waals surface area contributed by atoms with Gasteiger partial charge in [-0.15, -0.1) is 0 Å². The van der Waals surface area contributed by atoms with E-state index >= 15 is 0 Å². The Morgan fingerprint density at radius 2 is 2.22 bits per heavy atom. The van der Waals surface area contributed by atoms with E-state index in [0.29, 0.717) is 18.5 Å². The molecule has 2 aromatic rings. The molecule has 1 unspecified atom stereocenters. The molecule has 2 amide bonds. The predicted molar refractivity (Wildman–Crippen MR) is 64.7 cm³/mol. The molecule has 6 heteroatoms. The molecule has 3 heterocycles. The number of nitrogens with one attached hydrogen (secondary N) is 1. The standard InChI is InChI=1S/C12H12N4O2/c13-7-1-3-10-9(5-14-16(10)6-7)8-2-4-11(17)15-12(8)18/h1,3,5-6,8H,2,4,13H2,(H,15,17,18). The summed E-state index contributed by atoms with van der Waals surface area (Å²) in [6, 6.07) is 3.60. The highest BCUT2D eigenvalue weighted by molar-refractivity contribution is 6.01. The number of aromatic nitrogens is 2. The monoisotopic (exact) mass is 244 g/mol. The maximum Gasteiger partial charge on any atom is 0.234 e. The Balaban J connectivity index is 2.04. The van der Waals surface area contributed by atoms with Crippen LogP contribution in [0.4, 0.5) is 5.69 Å². The Morgan fingerprint density at radius 1 is 1.39 bits per heavy atom. The molecule has 3 N–H and O–H groups in total. The quantitative estimate of drug-likeness (QED) is 0.712. The number of piperidine rings is 1. The molecule has 1 aliphatic heterocycles. The Hall–Kier alpha value is -2.37. The van der Waals surface area contributed by atoms with Gasteiger partial charge in [-0.25, -0.2) is 4.52 Å². The zero-order valence-electron chi connectivity index (χ0n) is 9.59. The minimum Gasteiger partial charge on any atom is -0.397 e. The van der Waals surface area contributed by atoms with Crippen molar-refractivity contribution in [2.24, 2.45) is 0 Å². The number of amides is 2. The van der Waals surface area contributed by atoms with Crippen molar-refractivity contribution in [1.82, 2.24) is 14.9 Å². The van der Waals surface area contributed by atoms with Crippen molar-refractivity contribution >= 4 is 23.0 Å². The number of pyridine rings is 1. The van der Waals surface area contributed by atoms with Gasteiger partial charge >= 0.3 is 0 Å². The SMILES string of the molecule is Nc1ccc2c(C3CCC(=O)NC3=O)cnn2c1. The zero-order chi connectivity index (χ0) is 12.7. The summed E-state index contributed by atoms with van der Waals surface area (Å²) in [7, 11) is 0. The maximum absolute atomic E-state index is 11.8. The van der Waals surface area contributed by atoms with Crippen LogP contribution in [0, 0.1) is 0 Å². The predicted octanol–water partition coefficient (Wildman–Crippen LogP) is 0.437. The molecular weight excluding hydrogens is 232 g/mol. The first-order chi connectivity index (χ1) is 8.65. The second kappa shape index (κ2) is 3.83. The molecule has 0 saturated carbocycles. The van der Waals surface area contributed by atoms with Gasteiger partial charge in [-0.2, -0.15) is 5.10 Å². The van der Waals surface area contributed by atoms with E-state index < -0.39 is 0 Å². The van der Waals surface area contributed by atoms with Crippen molar-refractivity contribution in [3.05, 3.63) is 30.1 Å². The Bertz CT molecular complexity index is 647. The number of hydrogen-bond acceptors (Lipinski definition) is 4.